The minimum Gasteiger partial charge on any atom is -0.345 e. The number of carbonyl (C=O) groups is 2. The number of rotatable bonds is 4. The third-order valence-electron chi connectivity index (χ3n) is 3.94. The Morgan fingerprint density at radius 2 is 2.04 bits per heavy atom. The number of aromatic amines is 1. The SMILES string of the molecule is Cc1ccc2c(=O)c(C(=O)N(C)CC(=O)Nc3cccc(Cl)c3)c[nH]c2n1. The van der Waals surface area contributed by atoms with Gasteiger partial charge in [-0.3, -0.25) is 14.4 Å². The van der Waals surface area contributed by atoms with Gasteiger partial charge in [0.15, 0.2) is 0 Å². The lowest BCUT2D eigenvalue weighted by molar-refractivity contribution is -0.116. The summed E-state index contributed by atoms with van der Waals surface area (Å²) in [5.41, 5.74) is 1.22. The first-order valence-corrected chi connectivity index (χ1v) is 8.53. The Morgan fingerprint density at radius 1 is 1.26 bits per heavy atom. The molecule has 0 saturated carbocycles. The molecule has 0 fully saturated rings. The number of fused-ring (bicyclic) bond motifs is 1. The molecule has 0 atom stereocenters. The lowest BCUT2D eigenvalue weighted by atomic mass is 10.1. The van der Waals surface area contributed by atoms with E-state index >= 15 is 0 Å². The van der Waals surface area contributed by atoms with E-state index in [2.05, 4.69) is 15.3 Å². The van der Waals surface area contributed by atoms with Crippen LogP contribution in [0.3, 0.4) is 0 Å². The van der Waals surface area contributed by atoms with E-state index < -0.39 is 17.2 Å². The minimum absolute atomic E-state index is 0.0498. The topological polar surface area (TPSA) is 95.2 Å². The van der Waals surface area contributed by atoms with E-state index in [0.717, 1.165) is 5.69 Å². The fourth-order valence-electron chi connectivity index (χ4n) is 2.62. The number of H-pyrrole nitrogens is 1. The maximum absolute atomic E-state index is 12.6. The van der Waals surface area contributed by atoms with Crippen LogP contribution in [0.4, 0.5) is 5.69 Å². The molecule has 2 aromatic heterocycles. The van der Waals surface area contributed by atoms with Gasteiger partial charge in [-0.15, -0.1) is 0 Å². The maximum Gasteiger partial charge on any atom is 0.259 e. The van der Waals surface area contributed by atoms with Crippen molar-refractivity contribution in [1.29, 1.82) is 0 Å². The second kappa shape index (κ2) is 7.59. The molecule has 0 bridgehead atoms. The molecular formula is C19H17ClN4O3. The number of nitrogens with one attached hydrogen (secondary N) is 2. The Labute approximate surface area is 160 Å². The fourth-order valence-corrected chi connectivity index (χ4v) is 2.81. The number of pyridine rings is 2. The van der Waals surface area contributed by atoms with Crippen LogP contribution in [-0.4, -0.2) is 40.3 Å². The number of anilines is 1. The highest BCUT2D eigenvalue weighted by Crippen LogP contribution is 2.15. The van der Waals surface area contributed by atoms with Gasteiger partial charge < -0.3 is 15.2 Å². The van der Waals surface area contributed by atoms with Crippen LogP contribution >= 0.6 is 11.6 Å². The number of carbonyl (C=O) groups excluding carboxylic acids is 2. The summed E-state index contributed by atoms with van der Waals surface area (Å²) in [7, 11) is 1.46. The predicted octanol–water partition coefficient (Wildman–Crippen LogP) is 2.60. The number of halogens is 1. The zero-order valence-corrected chi connectivity index (χ0v) is 15.5. The van der Waals surface area contributed by atoms with Gasteiger partial charge in [0.05, 0.1) is 11.9 Å². The van der Waals surface area contributed by atoms with Gasteiger partial charge in [-0.05, 0) is 37.3 Å². The third kappa shape index (κ3) is 4.15. The highest BCUT2D eigenvalue weighted by molar-refractivity contribution is 6.30. The highest BCUT2D eigenvalue weighted by Gasteiger charge is 2.19. The summed E-state index contributed by atoms with van der Waals surface area (Å²) in [5, 5.41) is 3.47. The summed E-state index contributed by atoms with van der Waals surface area (Å²) < 4.78 is 0. The summed E-state index contributed by atoms with van der Waals surface area (Å²) in [4.78, 5) is 45.6. The molecule has 3 aromatic rings. The Hall–Kier alpha value is -3.19. The van der Waals surface area contributed by atoms with Crippen LogP contribution in [0.15, 0.2) is 47.4 Å². The van der Waals surface area contributed by atoms with Crippen LogP contribution in [0.2, 0.25) is 5.02 Å². The summed E-state index contributed by atoms with van der Waals surface area (Å²) in [5.74, 6) is -0.956. The lowest BCUT2D eigenvalue weighted by Crippen LogP contribution is -2.37. The largest absolute Gasteiger partial charge is 0.345 e. The van der Waals surface area contributed by atoms with Gasteiger partial charge in [0.25, 0.3) is 5.91 Å². The normalized spacial score (nSPS) is 10.6. The molecule has 0 aliphatic carbocycles. The zero-order valence-electron chi connectivity index (χ0n) is 14.7. The Morgan fingerprint density at radius 3 is 2.78 bits per heavy atom. The standard InChI is InChI=1S/C19H17ClN4O3/c1-11-6-7-14-17(26)15(9-21-18(14)22-11)19(27)24(2)10-16(25)23-13-5-3-4-12(20)8-13/h3-9H,10H2,1-2H3,(H,23,25)(H,21,22,26). The molecule has 3 rings (SSSR count). The molecule has 7 nitrogen and oxygen atoms in total. The fraction of sp³-hybridized carbons (Fsp3) is 0.158. The summed E-state index contributed by atoms with van der Waals surface area (Å²) in [6.45, 7) is 1.60. The predicted molar refractivity (Wildman–Crippen MR) is 104 cm³/mol. The summed E-state index contributed by atoms with van der Waals surface area (Å²) >= 11 is 5.88. The van der Waals surface area contributed by atoms with E-state index in [1.165, 1.54) is 18.1 Å². The number of nitrogens with zero attached hydrogens (tertiary/aromatic N) is 2. The molecule has 8 heteroatoms. The van der Waals surface area contributed by atoms with Crippen LogP contribution in [0.5, 0.6) is 0 Å². The van der Waals surface area contributed by atoms with Gasteiger partial charge in [0.1, 0.15) is 11.2 Å². The van der Waals surface area contributed by atoms with Crippen molar-refractivity contribution in [2.24, 2.45) is 0 Å². The van der Waals surface area contributed by atoms with Crippen LogP contribution < -0.4 is 10.7 Å². The number of hydrogen-bond acceptors (Lipinski definition) is 4. The number of hydrogen-bond donors (Lipinski definition) is 2. The van der Waals surface area contributed by atoms with Crippen LogP contribution in [-0.2, 0) is 4.79 Å². The lowest BCUT2D eigenvalue weighted by Gasteiger charge is -2.16. The van der Waals surface area contributed by atoms with Crippen molar-refractivity contribution in [3.63, 3.8) is 0 Å². The minimum atomic E-state index is -0.556. The number of likely N-dealkylation sites (N-methyl/N-ethyl adjacent to an activating group) is 1. The molecule has 0 aliphatic rings. The molecule has 0 unspecified atom stereocenters. The van der Waals surface area contributed by atoms with Crippen molar-refractivity contribution >= 4 is 40.1 Å². The molecule has 0 radical (unpaired) electrons. The summed E-state index contributed by atoms with van der Waals surface area (Å²) in [6.07, 6.45) is 1.32. The summed E-state index contributed by atoms with van der Waals surface area (Å²) in [6, 6.07) is 10.0. The van der Waals surface area contributed by atoms with Crippen molar-refractivity contribution in [2.45, 2.75) is 6.92 Å². The molecule has 0 spiro atoms. The molecule has 138 valence electrons. The van der Waals surface area contributed by atoms with Gasteiger partial charge in [-0.1, -0.05) is 17.7 Å². The monoisotopic (exact) mass is 384 g/mol. The number of benzene rings is 1. The Balaban J connectivity index is 1.76. The molecule has 0 aliphatic heterocycles. The molecule has 27 heavy (non-hydrogen) atoms. The molecule has 2 heterocycles. The maximum atomic E-state index is 12.6. The molecule has 0 saturated heterocycles. The van der Waals surface area contributed by atoms with Gasteiger partial charge in [0.2, 0.25) is 11.3 Å². The second-order valence-electron chi connectivity index (χ2n) is 6.10. The van der Waals surface area contributed by atoms with E-state index in [1.807, 2.05) is 6.92 Å². The van der Waals surface area contributed by atoms with E-state index in [4.69, 9.17) is 11.6 Å². The quantitative estimate of drug-likeness (QED) is 0.722. The van der Waals surface area contributed by atoms with Crippen LogP contribution in [0.25, 0.3) is 11.0 Å². The van der Waals surface area contributed by atoms with E-state index in [-0.39, 0.29) is 12.1 Å². The van der Waals surface area contributed by atoms with E-state index in [1.54, 1.807) is 36.4 Å². The average molecular weight is 385 g/mol. The number of aryl methyl sites for hydroxylation is 1. The van der Waals surface area contributed by atoms with Crippen molar-refractivity contribution in [2.75, 3.05) is 18.9 Å². The zero-order chi connectivity index (χ0) is 19.6. The molecule has 2 N–H and O–H groups in total. The van der Waals surface area contributed by atoms with Gasteiger partial charge in [-0.25, -0.2) is 4.98 Å². The van der Waals surface area contributed by atoms with Crippen molar-refractivity contribution in [3.05, 3.63) is 69.1 Å². The van der Waals surface area contributed by atoms with Crippen LogP contribution in [0.1, 0.15) is 16.1 Å². The highest BCUT2D eigenvalue weighted by atomic mass is 35.5. The number of amides is 2. The van der Waals surface area contributed by atoms with Gasteiger partial charge in [-0.2, -0.15) is 0 Å². The Kier molecular flexibility index (Phi) is 5.23. The van der Waals surface area contributed by atoms with E-state index in [0.29, 0.717) is 21.7 Å². The first-order chi connectivity index (χ1) is 12.8. The van der Waals surface area contributed by atoms with Gasteiger partial charge in [0, 0.05) is 29.6 Å². The second-order valence-corrected chi connectivity index (χ2v) is 6.54. The smallest absolute Gasteiger partial charge is 0.259 e. The number of aromatic nitrogens is 2. The van der Waals surface area contributed by atoms with Crippen LogP contribution in [0, 0.1) is 6.92 Å². The van der Waals surface area contributed by atoms with E-state index in [9.17, 15) is 14.4 Å². The molecule has 1 aromatic carbocycles. The Bertz CT molecular complexity index is 1090. The molecule has 2 amide bonds. The first kappa shape index (κ1) is 18.6. The van der Waals surface area contributed by atoms with Gasteiger partial charge >= 0.3 is 0 Å². The van der Waals surface area contributed by atoms with Crippen molar-refractivity contribution in [3.8, 4) is 0 Å². The first-order valence-electron chi connectivity index (χ1n) is 8.15. The van der Waals surface area contributed by atoms with Crippen molar-refractivity contribution in [1.82, 2.24) is 14.9 Å². The van der Waals surface area contributed by atoms with Crippen molar-refractivity contribution < 1.29 is 9.59 Å². The third-order valence-corrected chi connectivity index (χ3v) is 4.18. The average Bonchev–Trinajstić information content (AvgIpc) is 2.61. The molecular weight excluding hydrogens is 368 g/mol.